The molecule has 14 atom stereocenters. The number of amides is 14. The topological polar surface area (TPSA) is 574 Å². The molecule has 2 aromatic rings. The lowest BCUT2D eigenvalue weighted by molar-refractivity contribution is -0.143. The number of phenolic OH excluding ortho intramolecular Hbond substituents is 2. The number of nitrogens with zero attached hydrogens (tertiary/aromatic N) is 1. The highest BCUT2D eigenvalue weighted by Crippen LogP contribution is 2.40. The summed E-state index contributed by atoms with van der Waals surface area (Å²) >= 11 is 0. The van der Waals surface area contributed by atoms with Crippen molar-refractivity contribution < 1.29 is 102 Å². The lowest BCUT2D eigenvalue weighted by Crippen LogP contribution is -2.62. The van der Waals surface area contributed by atoms with E-state index in [1.165, 1.54) is 181 Å². The van der Waals surface area contributed by atoms with Gasteiger partial charge in [0.25, 0.3) is 0 Å². The molecule has 131 heavy (non-hydrogen) atoms. The van der Waals surface area contributed by atoms with Crippen LogP contribution in [0.4, 0.5) is 0 Å². The average molecular weight is 2060 g/mol. The number of aromatic hydroxyl groups is 2. The molecule has 1 saturated heterocycles. The molecule has 2 aromatic carbocycles. The fraction of sp³-hybridized carbons (Fsp3) is 0.663. The number of hydrogen-bond acceptors (Lipinski definition) is 32. The van der Waals surface area contributed by atoms with Gasteiger partial charge in [-0.2, -0.15) is 0 Å². The third kappa shape index (κ3) is 49.8. The van der Waals surface area contributed by atoms with E-state index in [0.29, 0.717) is 11.1 Å². The number of aliphatic hydroxyl groups excluding tert-OH is 1. The van der Waals surface area contributed by atoms with Gasteiger partial charge < -0.3 is 106 Å². The largest absolute Gasteiger partial charge is 0.508 e. The van der Waals surface area contributed by atoms with Crippen molar-refractivity contribution in [3.63, 3.8) is 0 Å². The maximum atomic E-state index is 15.1. The molecule has 0 aromatic heterocycles. The summed E-state index contributed by atoms with van der Waals surface area (Å²) in [4.78, 5) is 226. The number of primary amides is 1. The summed E-state index contributed by atoms with van der Waals surface area (Å²) in [6, 6.07) is -8.10. The zero-order valence-electron chi connectivity index (χ0n) is 77.6. The van der Waals surface area contributed by atoms with Gasteiger partial charge in [0.1, 0.15) is 84.0 Å². The van der Waals surface area contributed by atoms with E-state index in [0.717, 1.165) is 15.7 Å². The van der Waals surface area contributed by atoms with Gasteiger partial charge in [0, 0.05) is 88.8 Å². The summed E-state index contributed by atoms with van der Waals surface area (Å²) in [6.07, 6.45) is -3.91. The molecule has 36 nitrogen and oxygen atoms in total. The first-order chi connectivity index (χ1) is 60.5. The van der Waals surface area contributed by atoms with E-state index >= 15 is 9.59 Å². The molecule has 1 fully saturated rings. The van der Waals surface area contributed by atoms with Gasteiger partial charge >= 0.3 is 11.9 Å². The summed E-state index contributed by atoms with van der Waals surface area (Å²) in [6.45, 7) is 36.1. The molecule has 48 heteroatoms. The third-order valence-electron chi connectivity index (χ3n) is 17.2. The Morgan fingerprint density at radius 3 is 1.12 bits per heavy atom. The molecular formula is C83H133N15O21S12. The van der Waals surface area contributed by atoms with Crippen LogP contribution in [0.5, 0.6) is 11.5 Å². The van der Waals surface area contributed by atoms with E-state index in [1.54, 1.807) is 0 Å². The Bertz CT molecular complexity index is 4170. The maximum absolute atomic E-state index is 15.1. The number of nitrogens with two attached hydrogens (primary N) is 2. The number of rotatable bonds is 54. The first-order valence-corrected chi connectivity index (χ1v) is 55.9. The number of aliphatic hydroxyl groups is 1. The summed E-state index contributed by atoms with van der Waals surface area (Å²) < 4.78 is -2.04. The second-order valence-electron chi connectivity index (χ2n) is 36.6. The molecule has 738 valence electrons. The van der Waals surface area contributed by atoms with Crippen molar-refractivity contribution >= 4 is 224 Å². The molecule has 0 bridgehead atoms. The fourth-order valence-corrected chi connectivity index (χ4v) is 25.8. The summed E-state index contributed by atoms with van der Waals surface area (Å²) in [7, 11) is 15.7. The van der Waals surface area contributed by atoms with E-state index < -0.39 is 215 Å². The van der Waals surface area contributed by atoms with Crippen molar-refractivity contribution in [1.82, 2.24) is 68.7 Å². The minimum Gasteiger partial charge on any atom is -0.508 e. The summed E-state index contributed by atoms with van der Waals surface area (Å²) in [5.74, 6) is -16.5. The van der Waals surface area contributed by atoms with Crippen LogP contribution in [0.15, 0.2) is 48.5 Å². The van der Waals surface area contributed by atoms with E-state index in [4.69, 9.17) is 11.5 Å². The molecule has 0 aliphatic carbocycles. The Labute approximate surface area is 815 Å². The van der Waals surface area contributed by atoms with Crippen molar-refractivity contribution in [2.75, 3.05) is 47.6 Å². The Hall–Kier alpha value is -6.32. The van der Waals surface area contributed by atoms with E-state index in [-0.39, 0.29) is 97.2 Å². The zero-order valence-corrected chi connectivity index (χ0v) is 87.4. The summed E-state index contributed by atoms with van der Waals surface area (Å²) in [5.41, 5.74) is 12.9. The van der Waals surface area contributed by atoms with Crippen molar-refractivity contribution in [3.8, 4) is 11.5 Å². The van der Waals surface area contributed by atoms with Crippen molar-refractivity contribution in [3.05, 3.63) is 59.7 Å². The molecule has 0 unspecified atom stereocenters. The first kappa shape index (κ1) is 119. The van der Waals surface area contributed by atoms with Gasteiger partial charge in [0.05, 0.1) is 25.1 Å². The predicted octanol–water partition coefficient (Wildman–Crippen LogP) is 5.96. The number of benzene rings is 2. The monoisotopic (exact) mass is 2060 g/mol. The predicted molar refractivity (Wildman–Crippen MR) is 535 cm³/mol. The number of likely N-dealkylation sites (tertiary alicyclic amines) is 1. The normalized spacial score (nSPS) is 16.2. The number of carboxylic acid groups (broad SMARTS) is 2. The molecular weight excluding hydrogens is 1930 g/mol. The Morgan fingerprint density at radius 1 is 0.412 bits per heavy atom. The highest BCUT2D eigenvalue weighted by atomic mass is 33.1. The summed E-state index contributed by atoms with van der Waals surface area (Å²) in [5, 5.41) is 81.9. The SMILES string of the molecule is C[C@H](NC(=O)[C@@H]1CCCN1C(=O)[C@H](CC(N)=O)NC(=O)[C@H](CSSC(C)(C)C)NC(=O)[C@H](CSSC(C)(C)C)NC(=O)[C@H](Cc1ccc(O)cc1)NC(=O)[C@H](CCC(=O)O)NC(=O)[C@H](CSSC(C)(C)C)NC(=O)[C@@H](N)CSSC(C)(C)C)C(=O)N[C@@H](CSSC(C)(C)C)C(=O)N[C@H](C(=O)NCC(=O)N[C@@H](CSSC(C)(C)C)C(=O)N[C@@H](Cc1ccc(O)cc1)C(=O)O)[C@@H](C)O. The Kier molecular flexibility index (Phi) is 51.2. The highest BCUT2D eigenvalue weighted by molar-refractivity contribution is 8.78. The minimum atomic E-state index is -1.79. The number of carbonyl (C=O) groups excluding carboxylic acids is 14. The lowest BCUT2D eigenvalue weighted by Gasteiger charge is -2.30. The van der Waals surface area contributed by atoms with Crippen LogP contribution in [0, 0.1) is 0 Å². The van der Waals surface area contributed by atoms with Gasteiger partial charge in [-0.1, -0.05) is 278 Å². The van der Waals surface area contributed by atoms with Gasteiger partial charge in [-0.25, -0.2) is 4.79 Å². The van der Waals surface area contributed by atoms with Crippen LogP contribution in [0.2, 0.25) is 0 Å². The van der Waals surface area contributed by atoms with Crippen molar-refractivity contribution in [2.45, 2.75) is 297 Å². The van der Waals surface area contributed by atoms with E-state index in [2.05, 4.69) is 63.8 Å². The van der Waals surface area contributed by atoms with Crippen LogP contribution in [-0.2, 0) is 89.6 Å². The third-order valence-corrected chi connectivity index (χ3v) is 37.3. The number of hydrogen-bond donors (Lipinski definition) is 19. The number of nitrogens with one attached hydrogen (secondary N) is 12. The fourth-order valence-electron chi connectivity index (χ4n) is 11.0. The molecule has 0 spiro atoms. The Morgan fingerprint density at radius 2 is 0.740 bits per heavy atom. The highest BCUT2D eigenvalue weighted by Gasteiger charge is 2.43. The van der Waals surface area contributed by atoms with Crippen molar-refractivity contribution in [1.29, 1.82) is 0 Å². The molecule has 3 rings (SSSR count). The van der Waals surface area contributed by atoms with Crippen LogP contribution in [-0.4, -0.2) is 286 Å². The van der Waals surface area contributed by atoms with Gasteiger partial charge in [-0.05, 0) is 68.5 Å². The first-order valence-electron chi connectivity index (χ1n) is 42.0. The van der Waals surface area contributed by atoms with Gasteiger partial charge in [-0.3, -0.25) is 71.9 Å². The zero-order chi connectivity index (χ0) is 99.4. The molecule has 1 aliphatic rings. The number of carbonyl (C=O) groups is 16. The van der Waals surface area contributed by atoms with Crippen LogP contribution < -0.4 is 75.3 Å². The molecule has 14 amide bonds. The maximum Gasteiger partial charge on any atom is 0.326 e. The van der Waals surface area contributed by atoms with Gasteiger partial charge in [-0.15, -0.1) is 0 Å². The number of carboxylic acids is 2. The second kappa shape index (κ2) is 56.4. The van der Waals surface area contributed by atoms with Crippen LogP contribution in [0.25, 0.3) is 0 Å². The van der Waals surface area contributed by atoms with Crippen molar-refractivity contribution in [2.24, 2.45) is 11.5 Å². The van der Waals surface area contributed by atoms with Crippen LogP contribution in [0.1, 0.15) is 182 Å². The van der Waals surface area contributed by atoms with E-state index in [9.17, 15) is 92.7 Å². The molecule has 1 heterocycles. The van der Waals surface area contributed by atoms with Gasteiger partial charge in [0.15, 0.2) is 0 Å². The van der Waals surface area contributed by atoms with Crippen LogP contribution in [0.3, 0.4) is 0 Å². The standard InChI is InChI=1S/C83H133N15O21S12/c1-44(65(106)93-59(43-125-131-83(18,19)20)73(114)97-64(45(2)99)75(116)86-37-62(103)88-55(39-121-127-79(6,7)8)69(110)92-54(77(118)119)35-47-25-29-49(101)30-26-47)87-74(115)60-22-21-33-98(60)76(117)53(36-61(85)102)91-71(112)57(41-123-129-81(12,13)14)96-72(113)58(42-124-130-82(15,16)17)95-68(109)52(34-46-23-27-48(100)28-24-46)90-67(108)51(31-32-63(104)105)89-70(111)56(40-122-128-80(9,10)11)94-66(107)50(84)38-120-126-78(3,4)5/h23-30,44-45,50-60,64,99-101H,21-22,31-43,84H2,1-20H3,(H2,85,102)(H,86,116)(H,87,115)(H,88,103)(H,89,111)(H,90,108)(H,91,112)(H,92,110)(H,93,106)(H,94,107)(H,95,109)(H,96,113)(H,97,114)(H,104,105)(H,118,119)/t44-,45+,50-,51-,52-,53-,54-,55-,56-,57-,58-,59-,60-,64-/m0/s1. The average Bonchev–Trinajstić information content (AvgIpc) is 1.71. The molecule has 21 N–H and O–H groups in total. The van der Waals surface area contributed by atoms with E-state index in [1.807, 2.05) is 125 Å². The quantitative estimate of drug-likeness (QED) is 0.0340. The molecule has 1 aliphatic heterocycles. The second-order valence-corrected chi connectivity index (χ2v) is 55.6. The minimum absolute atomic E-state index is 0.00571. The number of phenols is 2. The Balaban J connectivity index is 1.97. The molecule has 0 saturated carbocycles. The number of aliphatic carboxylic acids is 2. The smallest absolute Gasteiger partial charge is 0.326 e. The lowest BCUT2D eigenvalue weighted by atomic mass is 10.0. The van der Waals surface area contributed by atoms with Gasteiger partial charge in [0.2, 0.25) is 82.7 Å². The molecule has 0 radical (unpaired) electrons. The van der Waals surface area contributed by atoms with Crippen LogP contribution >= 0.6 is 130 Å².